The number of halogens is 1. The van der Waals surface area contributed by atoms with Crippen molar-refractivity contribution >= 4 is 22.4 Å². The van der Waals surface area contributed by atoms with Gasteiger partial charge in [-0.05, 0) is 45.6 Å². The Morgan fingerprint density at radius 2 is 1.96 bits per heavy atom. The predicted octanol–water partition coefficient (Wildman–Crippen LogP) is 2.81. The Kier molecular flexibility index (Phi) is 4.10. The molecule has 1 unspecified atom stereocenters. The van der Waals surface area contributed by atoms with Gasteiger partial charge < -0.3 is 14.6 Å². The van der Waals surface area contributed by atoms with Gasteiger partial charge in [0.25, 0.3) is 0 Å². The molecule has 138 valence electrons. The smallest absolute Gasteiger partial charge is 0.200 e. The Hall–Kier alpha value is -2.21. The molecule has 26 heavy (non-hydrogen) atoms. The van der Waals surface area contributed by atoms with Gasteiger partial charge >= 0.3 is 0 Å². The molecule has 1 fully saturated rings. The Morgan fingerprint density at radius 3 is 2.62 bits per heavy atom. The fraction of sp³-hybridized carbons (Fsp3) is 0.500. The lowest BCUT2D eigenvalue weighted by Gasteiger charge is -2.36. The number of carbonyl (C=O) groups is 1. The topological polar surface area (TPSA) is 62.5 Å². The first kappa shape index (κ1) is 17.2. The highest BCUT2D eigenvalue weighted by Crippen LogP contribution is 2.38. The Morgan fingerprint density at radius 1 is 1.27 bits per heavy atom. The minimum atomic E-state index is -0.414. The number of pyridine rings is 1. The highest BCUT2D eigenvalue weighted by Gasteiger charge is 2.29. The number of nitrogens with zero attached hydrogens (tertiary/aromatic N) is 2. The number of ketones is 1. The van der Waals surface area contributed by atoms with Gasteiger partial charge in [0, 0.05) is 36.3 Å². The van der Waals surface area contributed by atoms with Crippen molar-refractivity contribution in [3.05, 3.63) is 39.4 Å². The lowest BCUT2D eigenvalue weighted by Crippen LogP contribution is -2.37. The monoisotopic (exact) mass is 358 g/mol. The molecule has 5 nitrogen and oxygen atoms in total. The molecule has 2 aromatic rings. The standard InChI is InChI=1S/C20H23FN2O3/c1-11-3-4-14-18-15(20(26)16(12(2)24)10-23(11)18)9-17(21)19(14)22-7-5-13(25)6-8-22/h9-11,13,25H,3-8H2,1-2H3. The zero-order valence-corrected chi connectivity index (χ0v) is 15.1. The number of hydrogen-bond acceptors (Lipinski definition) is 4. The van der Waals surface area contributed by atoms with E-state index >= 15 is 4.39 Å². The summed E-state index contributed by atoms with van der Waals surface area (Å²) in [6.45, 7) is 4.62. The van der Waals surface area contributed by atoms with Gasteiger partial charge in [-0.25, -0.2) is 4.39 Å². The zero-order valence-electron chi connectivity index (χ0n) is 15.1. The van der Waals surface area contributed by atoms with Gasteiger partial charge in [-0.3, -0.25) is 9.59 Å². The van der Waals surface area contributed by atoms with Gasteiger partial charge in [-0.1, -0.05) is 0 Å². The second kappa shape index (κ2) is 6.20. The Labute approximate surface area is 151 Å². The maximum absolute atomic E-state index is 15.1. The fourth-order valence-electron chi connectivity index (χ4n) is 4.32. The molecule has 1 atom stereocenters. The van der Waals surface area contributed by atoms with E-state index in [-0.39, 0.29) is 28.9 Å². The number of rotatable bonds is 2. The van der Waals surface area contributed by atoms with Gasteiger partial charge in [-0.15, -0.1) is 0 Å². The quantitative estimate of drug-likeness (QED) is 0.839. The molecule has 0 radical (unpaired) electrons. The molecular weight excluding hydrogens is 335 g/mol. The highest BCUT2D eigenvalue weighted by atomic mass is 19.1. The summed E-state index contributed by atoms with van der Waals surface area (Å²) in [5, 5.41) is 10.0. The normalized spacial score (nSPS) is 20.6. The van der Waals surface area contributed by atoms with Gasteiger partial charge in [0.1, 0.15) is 5.82 Å². The van der Waals surface area contributed by atoms with E-state index in [2.05, 4.69) is 6.92 Å². The van der Waals surface area contributed by atoms with E-state index in [4.69, 9.17) is 0 Å². The third-order valence-corrected chi connectivity index (χ3v) is 5.79. The number of benzene rings is 1. The Bertz CT molecular complexity index is 958. The average Bonchev–Trinajstić information content (AvgIpc) is 2.60. The van der Waals surface area contributed by atoms with Crippen LogP contribution in [0.2, 0.25) is 0 Å². The zero-order chi connectivity index (χ0) is 18.6. The molecule has 0 aliphatic carbocycles. The summed E-state index contributed by atoms with van der Waals surface area (Å²) in [5.41, 5.74) is 1.88. The van der Waals surface area contributed by atoms with Gasteiger partial charge in [-0.2, -0.15) is 0 Å². The number of anilines is 1. The molecule has 2 aliphatic heterocycles. The third-order valence-electron chi connectivity index (χ3n) is 5.79. The summed E-state index contributed by atoms with van der Waals surface area (Å²) in [7, 11) is 0. The maximum Gasteiger partial charge on any atom is 0.200 e. The minimum absolute atomic E-state index is 0.116. The lowest BCUT2D eigenvalue weighted by molar-refractivity contribution is 0.101. The van der Waals surface area contributed by atoms with Crippen LogP contribution >= 0.6 is 0 Å². The van der Waals surface area contributed by atoms with Gasteiger partial charge in [0.15, 0.2) is 11.2 Å². The summed E-state index contributed by atoms with van der Waals surface area (Å²) in [4.78, 5) is 26.6. The van der Waals surface area contributed by atoms with Crippen LogP contribution in [-0.4, -0.2) is 34.7 Å². The Balaban J connectivity index is 2.00. The molecule has 1 aromatic carbocycles. The molecule has 6 heteroatoms. The summed E-state index contributed by atoms with van der Waals surface area (Å²) in [6.07, 6.45) is 4.06. The van der Waals surface area contributed by atoms with Crippen LogP contribution in [0.25, 0.3) is 10.9 Å². The first-order valence-electron chi connectivity index (χ1n) is 9.22. The van der Waals surface area contributed by atoms with E-state index in [1.165, 1.54) is 13.0 Å². The number of aromatic nitrogens is 1. The van der Waals surface area contributed by atoms with Crippen molar-refractivity contribution in [3.8, 4) is 0 Å². The molecule has 0 bridgehead atoms. The molecule has 1 saturated heterocycles. The number of aliphatic hydroxyl groups is 1. The summed E-state index contributed by atoms with van der Waals surface area (Å²) in [6, 6.07) is 1.44. The van der Waals surface area contributed by atoms with Crippen molar-refractivity contribution in [3.63, 3.8) is 0 Å². The van der Waals surface area contributed by atoms with Crippen molar-refractivity contribution in [2.24, 2.45) is 0 Å². The third kappa shape index (κ3) is 2.55. The first-order chi connectivity index (χ1) is 12.4. The van der Waals surface area contributed by atoms with Crippen LogP contribution in [-0.2, 0) is 6.42 Å². The van der Waals surface area contributed by atoms with Crippen LogP contribution < -0.4 is 10.3 Å². The number of piperidine rings is 1. The maximum atomic E-state index is 15.1. The molecule has 3 heterocycles. The molecular formula is C20H23FN2O3. The van der Waals surface area contributed by atoms with E-state index in [9.17, 15) is 14.7 Å². The van der Waals surface area contributed by atoms with Crippen molar-refractivity contribution in [1.82, 2.24) is 4.57 Å². The molecule has 4 rings (SSSR count). The number of aryl methyl sites for hydroxylation is 1. The van der Waals surface area contributed by atoms with Crippen LogP contribution in [0, 0.1) is 5.82 Å². The van der Waals surface area contributed by atoms with E-state index in [0.717, 1.165) is 17.5 Å². The second-order valence-corrected chi connectivity index (χ2v) is 7.52. The fourth-order valence-corrected chi connectivity index (χ4v) is 4.32. The SMILES string of the molecule is CC(=O)c1cn2c3c(c(N4CCC(O)CC4)c(F)cc3c1=O)CCC2C. The molecule has 0 amide bonds. The number of hydrogen-bond donors (Lipinski definition) is 1. The van der Waals surface area contributed by atoms with Crippen molar-refractivity contribution in [2.45, 2.75) is 51.7 Å². The first-order valence-corrected chi connectivity index (χ1v) is 9.22. The van der Waals surface area contributed by atoms with E-state index in [1.54, 1.807) is 6.20 Å². The van der Waals surface area contributed by atoms with Crippen LogP contribution in [0.3, 0.4) is 0 Å². The molecule has 0 saturated carbocycles. The predicted molar refractivity (Wildman–Crippen MR) is 98.7 cm³/mol. The molecule has 1 aromatic heterocycles. The van der Waals surface area contributed by atoms with E-state index < -0.39 is 11.2 Å². The van der Waals surface area contributed by atoms with Gasteiger partial charge in [0.2, 0.25) is 0 Å². The number of aliphatic hydroxyl groups excluding tert-OH is 1. The lowest BCUT2D eigenvalue weighted by atomic mass is 9.92. The summed E-state index contributed by atoms with van der Waals surface area (Å²) >= 11 is 0. The second-order valence-electron chi connectivity index (χ2n) is 7.52. The number of carbonyl (C=O) groups excluding carboxylic acids is 1. The summed E-state index contributed by atoms with van der Waals surface area (Å²) in [5.74, 6) is -0.711. The molecule has 1 N–H and O–H groups in total. The molecule has 2 aliphatic rings. The van der Waals surface area contributed by atoms with Crippen molar-refractivity contribution in [2.75, 3.05) is 18.0 Å². The average molecular weight is 358 g/mol. The van der Waals surface area contributed by atoms with E-state index in [0.29, 0.717) is 38.0 Å². The van der Waals surface area contributed by atoms with Crippen LogP contribution in [0.5, 0.6) is 0 Å². The van der Waals surface area contributed by atoms with E-state index in [1.807, 2.05) is 9.47 Å². The van der Waals surface area contributed by atoms with Crippen molar-refractivity contribution in [1.29, 1.82) is 0 Å². The van der Waals surface area contributed by atoms with Crippen molar-refractivity contribution < 1.29 is 14.3 Å². The van der Waals surface area contributed by atoms with Gasteiger partial charge in [0.05, 0.1) is 22.9 Å². The minimum Gasteiger partial charge on any atom is -0.393 e. The van der Waals surface area contributed by atoms with Crippen LogP contribution in [0.1, 0.15) is 55.1 Å². The highest BCUT2D eigenvalue weighted by molar-refractivity contribution is 5.98. The largest absolute Gasteiger partial charge is 0.393 e. The van der Waals surface area contributed by atoms with Crippen LogP contribution in [0.4, 0.5) is 10.1 Å². The van der Waals surface area contributed by atoms with Crippen LogP contribution in [0.15, 0.2) is 17.1 Å². The number of Topliss-reactive ketones (excluding diaryl/α,β-unsaturated/α-hetero) is 1. The molecule has 0 spiro atoms. The summed E-state index contributed by atoms with van der Waals surface area (Å²) < 4.78 is 17.0.